The Morgan fingerprint density at radius 3 is 2.08 bits per heavy atom. The Morgan fingerprint density at radius 1 is 0.731 bits per heavy atom. The predicted molar refractivity (Wildman–Crippen MR) is 112 cm³/mol. The normalized spacial score (nSPS) is 11.9. The highest BCUT2D eigenvalue weighted by molar-refractivity contribution is 7.72. The van der Waals surface area contributed by atoms with Gasteiger partial charge in [-0.25, -0.2) is 0 Å². The summed E-state index contributed by atoms with van der Waals surface area (Å²) in [6.45, 7) is 4.26. The van der Waals surface area contributed by atoms with Crippen LogP contribution in [0.1, 0.15) is 5.56 Å². The number of para-hydroxylation sites is 1. The molecule has 0 bridgehead atoms. The first-order valence-electron chi connectivity index (χ1n) is 8.36. The van der Waals surface area contributed by atoms with Gasteiger partial charge in [-0.3, -0.25) is 4.99 Å². The smallest absolute Gasteiger partial charge is 0.0962 e. The van der Waals surface area contributed by atoms with Gasteiger partial charge in [0.15, 0.2) is 0 Å². The molecule has 0 heterocycles. The quantitative estimate of drug-likeness (QED) is 0.224. The molecule has 4 nitrogen and oxygen atoms in total. The zero-order chi connectivity index (χ0) is 18.2. The summed E-state index contributed by atoms with van der Waals surface area (Å²) in [5.41, 5.74) is 2.57. The van der Waals surface area contributed by atoms with Crippen LogP contribution in [0.3, 0.4) is 0 Å². The molecular weight excluding hydrogens is 339 g/mol. The standard InChI is InChI=1S/C21H21N4P/c1-26(2,20-14-7-4-8-15-20)25-24-23-21-16-10-9-11-18(21)17-22-19-12-5-3-6-13-19/h3-17H,1-2H3. The Kier molecular flexibility index (Phi) is 5.88. The van der Waals surface area contributed by atoms with Gasteiger partial charge in [-0.1, -0.05) is 66.7 Å². The van der Waals surface area contributed by atoms with E-state index in [-0.39, 0.29) is 0 Å². The van der Waals surface area contributed by atoms with Gasteiger partial charge in [-0.2, -0.15) is 0 Å². The van der Waals surface area contributed by atoms with Crippen LogP contribution in [0.5, 0.6) is 0 Å². The third-order valence-corrected chi connectivity index (χ3v) is 5.94. The minimum absolute atomic E-state index is 0.754. The maximum Gasteiger partial charge on any atom is 0.0962 e. The van der Waals surface area contributed by atoms with E-state index in [0.29, 0.717) is 0 Å². The second-order valence-electron chi connectivity index (χ2n) is 6.16. The van der Waals surface area contributed by atoms with E-state index < -0.39 is 7.05 Å². The molecule has 130 valence electrons. The molecule has 0 N–H and O–H groups in total. The molecule has 0 amide bonds. The van der Waals surface area contributed by atoms with E-state index in [4.69, 9.17) is 0 Å². The van der Waals surface area contributed by atoms with E-state index in [1.165, 1.54) is 5.30 Å². The number of hydrogen-bond donors (Lipinski definition) is 0. The van der Waals surface area contributed by atoms with Gasteiger partial charge < -0.3 is 0 Å². The lowest BCUT2D eigenvalue weighted by Gasteiger charge is -2.11. The number of rotatable bonds is 5. The van der Waals surface area contributed by atoms with Gasteiger partial charge in [0, 0.05) is 18.8 Å². The number of nitrogens with zero attached hydrogens (tertiary/aromatic N) is 4. The second-order valence-corrected chi connectivity index (χ2v) is 9.65. The summed E-state index contributed by atoms with van der Waals surface area (Å²) in [4.78, 5) is 9.00. The van der Waals surface area contributed by atoms with Crippen molar-refractivity contribution in [2.24, 2.45) is 20.2 Å². The molecule has 0 radical (unpaired) electrons. The molecule has 0 aliphatic heterocycles. The van der Waals surface area contributed by atoms with E-state index in [1.54, 1.807) is 6.21 Å². The molecule has 0 aliphatic rings. The van der Waals surface area contributed by atoms with Crippen molar-refractivity contribution in [3.8, 4) is 0 Å². The molecular formula is C21H21N4P. The average Bonchev–Trinajstić information content (AvgIpc) is 2.69. The fraction of sp³-hybridized carbons (Fsp3) is 0.0952. The minimum atomic E-state index is -1.68. The van der Waals surface area contributed by atoms with Crippen molar-refractivity contribution in [1.29, 1.82) is 0 Å². The van der Waals surface area contributed by atoms with Crippen molar-refractivity contribution in [2.45, 2.75) is 0 Å². The van der Waals surface area contributed by atoms with Crippen LogP contribution < -0.4 is 5.30 Å². The highest BCUT2D eigenvalue weighted by atomic mass is 31.2. The van der Waals surface area contributed by atoms with Crippen LogP contribution in [0.4, 0.5) is 11.4 Å². The van der Waals surface area contributed by atoms with Gasteiger partial charge in [0.2, 0.25) is 0 Å². The van der Waals surface area contributed by atoms with Crippen LogP contribution in [0.2, 0.25) is 0 Å². The van der Waals surface area contributed by atoms with Gasteiger partial charge in [0.1, 0.15) is 0 Å². The van der Waals surface area contributed by atoms with Crippen molar-refractivity contribution in [3.05, 3.63) is 90.5 Å². The molecule has 0 aliphatic carbocycles. The Labute approximate surface area is 154 Å². The highest BCUT2D eigenvalue weighted by Gasteiger charge is 2.08. The Morgan fingerprint density at radius 2 is 1.35 bits per heavy atom. The lowest BCUT2D eigenvalue weighted by molar-refractivity contribution is 1.07. The topological polar surface area (TPSA) is 49.4 Å². The van der Waals surface area contributed by atoms with Crippen molar-refractivity contribution >= 4 is 29.9 Å². The zero-order valence-corrected chi connectivity index (χ0v) is 15.8. The third kappa shape index (κ3) is 4.84. The zero-order valence-electron chi connectivity index (χ0n) is 14.9. The van der Waals surface area contributed by atoms with Crippen molar-refractivity contribution in [1.82, 2.24) is 0 Å². The maximum absolute atomic E-state index is 4.51. The number of aliphatic imine (C=N–C) groups is 1. The molecule has 0 saturated carbocycles. The summed E-state index contributed by atoms with van der Waals surface area (Å²) in [6, 6.07) is 27.9. The van der Waals surface area contributed by atoms with Gasteiger partial charge >= 0.3 is 0 Å². The molecule has 0 spiro atoms. The van der Waals surface area contributed by atoms with E-state index in [2.05, 4.69) is 45.6 Å². The molecule has 3 aromatic carbocycles. The van der Waals surface area contributed by atoms with Gasteiger partial charge in [0.25, 0.3) is 0 Å². The van der Waals surface area contributed by atoms with Crippen molar-refractivity contribution < 1.29 is 0 Å². The first-order chi connectivity index (χ1) is 12.6. The van der Waals surface area contributed by atoms with E-state index in [0.717, 1.165) is 16.9 Å². The second kappa shape index (κ2) is 8.50. The molecule has 26 heavy (non-hydrogen) atoms. The van der Waals surface area contributed by atoms with E-state index >= 15 is 0 Å². The predicted octanol–water partition coefficient (Wildman–Crippen LogP) is 6.22. The van der Waals surface area contributed by atoms with Gasteiger partial charge in [0.05, 0.1) is 11.4 Å². The third-order valence-electron chi connectivity index (χ3n) is 3.85. The number of benzene rings is 3. The maximum atomic E-state index is 4.51. The molecule has 5 heteroatoms. The molecule has 0 fully saturated rings. The van der Waals surface area contributed by atoms with Crippen LogP contribution in [0, 0.1) is 0 Å². The van der Waals surface area contributed by atoms with Crippen LogP contribution in [0.15, 0.2) is 105 Å². The summed E-state index contributed by atoms with van der Waals surface area (Å²) in [5.74, 6) is 0. The SMILES string of the molecule is CP(C)(=NN=Nc1ccccc1C=Nc1ccccc1)c1ccccc1. The van der Waals surface area contributed by atoms with Crippen LogP contribution >= 0.6 is 7.05 Å². The Hall–Kier alpha value is -2.84. The average molecular weight is 360 g/mol. The Balaban J connectivity index is 1.83. The molecule has 0 saturated heterocycles. The van der Waals surface area contributed by atoms with Gasteiger partial charge in [-0.15, -0.1) is 9.97 Å². The van der Waals surface area contributed by atoms with Crippen molar-refractivity contribution in [3.63, 3.8) is 0 Å². The summed E-state index contributed by atoms with van der Waals surface area (Å²) >= 11 is 0. The molecule has 3 aromatic rings. The largest absolute Gasteiger partial charge is 0.256 e. The number of hydrogen-bond acceptors (Lipinski definition) is 2. The lowest BCUT2D eigenvalue weighted by atomic mass is 10.2. The fourth-order valence-electron chi connectivity index (χ4n) is 2.36. The molecule has 0 aromatic heterocycles. The van der Waals surface area contributed by atoms with E-state index in [1.807, 2.05) is 72.8 Å². The summed E-state index contributed by atoms with van der Waals surface area (Å²) in [5, 5.41) is 9.67. The van der Waals surface area contributed by atoms with Crippen LogP contribution in [0.25, 0.3) is 0 Å². The first-order valence-corrected chi connectivity index (χ1v) is 11.0. The molecule has 0 atom stereocenters. The summed E-state index contributed by atoms with van der Waals surface area (Å²) in [6.07, 6.45) is 1.81. The monoisotopic (exact) mass is 360 g/mol. The highest BCUT2D eigenvalue weighted by Crippen LogP contribution is 2.40. The van der Waals surface area contributed by atoms with Crippen LogP contribution in [-0.4, -0.2) is 19.5 Å². The molecule has 0 unspecified atom stereocenters. The van der Waals surface area contributed by atoms with Crippen LogP contribution in [-0.2, 0) is 0 Å². The lowest BCUT2D eigenvalue weighted by Crippen LogP contribution is -2.00. The van der Waals surface area contributed by atoms with Gasteiger partial charge in [-0.05, 0) is 42.1 Å². The molecule has 3 rings (SSSR count). The summed E-state index contributed by atoms with van der Waals surface area (Å²) in [7, 11) is -1.68. The minimum Gasteiger partial charge on any atom is -0.256 e. The fourth-order valence-corrected chi connectivity index (χ4v) is 3.60. The van der Waals surface area contributed by atoms with Crippen molar-refractivity contribution in [2.75, 3.05) is 13.3 Å². The Bertz CT molecular complexity index is 958. The van der Waals surface area contributed by atoms with E-state index in [9.17, 15) is 0 Å². The summed E-state index contributed by atoms with van der Waals surface area (Å²) < 4.78 is 0. The first kappa shape index (κ1) is 18.0.